The lowest BCUT2D eigenvalue weighted by atomic mass is 9.99. The van der Waals surface area contributed by atoms with Crippen molar-refractivity contribution in [2.45, 2.75) is 41.8 Å². The molecule has 0 radical (unpaired) electrons. The molecular formula is C25H23F3N6O9S. The summed E-state index contributed by atoms with van der Waals surface area (Å²) in [5.74, 6) is 0.162. The molecule has 0 amide bonds. The highest BCUT2D eigenvalue weighted by Gasteiger charge is 2.44. The Morgan fingerprint density at radius 2 is 1.70 bits per heavy atom. The minimum absolute atomic E-state index is 0.0166. The first kappa shape index (κ1) is 31.2. The second kappa shape index (κ2) is 11.7. The summed E-state index contributed by atoms with van der Waals surface area (Å²) >= 11 is 0. The number of hydrogen-bond donors (Lipinski definition) is 6. The van der Waals surface area contributed by atoms with Crippen LogP contribution in [0, 0.1) is 5.41 Å². The molecule has 1 aliphatic heterocycles. The first-order valence-electron chi connectivity index (χ1n) is 12.5. The summed E-state index contributed by atoms with van der Waals surface area (Å²) < 4.78 is 85.9. The van der Waals surface area contributed by atoms with Crippen LogP contribution in [0.1, 0.15) is 11.3 Å². The summed E-state index contributed by atoms with van der Waals surface area (Å²) in [6.45, 7) is -0.633. The number of fused-ring (bicyclic) bond motifs is 1. The predicted molar refractivity (Wildman–Crippen MR) is 141 cm³/mol. The van der Waals surface area contributed by atoms with Gasteiger partial charge in [0.15, 0.2) is 16.8 Å². The van der Waals surface area contributed by atoms with Gasteiger partial charge in [0.25, 0.3) is 10.1 Å². The van der Waals surface area contributed by atoms with E-state index in [-0.39, 0.29) is 17.1 Å². The summed E-state index contributed by atoms with van der Waals surface area (Å²) in [5.41, 5.74) is -2.10. The van der Waals surface area contributed by atoms with Gasteiger partial charge in [0.2, 0.25) is 6.29 Å². The van der Waals surface area contributed by atoms with Crippen LogP contribution in [0.2, 0.25) is 0 Å². The van der Waals surface area contributed by atoms with Gasteiger partial charge in [0.1, 0.15) is 36.5 Å². The Morgan fingerprint density at radius 1 is 1.05 bits per heavy atom. The van der Waals surface area contributed by atoms with Gasteiger partial charge in [-0.3, -0.25) is 9.96 Å². The first-order valence-corrected chi connectivity index (χ1v) is 13.9. The minimum Gasteiger partial charge on any atom is -0.462 e. The van der Waals surface area contributed by atoms with Gasteiger partial charge >= 0.3 is 6.18 Å². The molecule has 4 aromatic rings. The molecule has 6 N–H and O–H groups in total. The van der Waals surface area contributed by atoms with Crippen LogP contribution in [-0.4, -0.2) is 96.4 Å². The molecule has 15 nitrogen and oxygen atoms in total. The van der Waals surface area contributed by atoms with Gasteiger partial charge in [-0.2, -0.15) is 31.8 Å². The predicted octanol–water partition coefficient (Wildman–Crippen LogP) is 0.0279. The second-order valence-corrected chi connectivity index (χ2v) is 10.9. The van der Waals surface area contributed by atoms with Crippen LogP contribution in [-0.2, 0) is 21.0 Å². The Labute approximate surface area is 244 Å². The lowest BCUT2D eigenvalue weighted by Gasteiger charge is -2.39. The molecule has 0 spiro atoms. The van der Waals surface area contributed by atoms with Gasteiger partial charge in [-0.05, 0) is 54.1 Å². The van der Waals surface area contributed by atoms with Crippen LogP contribution < -0.4 is 10.2 Å². The maximum Gasteiger partial charge on any atom is 0.436 e. The van der Waals surface area contributed by atoms with E-state index >= 15 is 0 Å². The van der Waals surface area contributed by atoms with Crippen LogP contribution in [0.5, 0.6) is 5.75 Å². The number of benzene rings is 2. The Balaban J connectivity index is 1.41. The van der Waals surface area contributed by atoms with Crippen LogP contribution in [0.3, 0.4) is 0 Å². The number of nitrogens with one attached hydrogen (secondary N) is 1. The van der Waals surface area contributed by atoms with E-state index in [4.69, 9.17) is 19.4 Å². The molecule has 5 rings (SSSR count). The maximum atomic E-state index is 13.9. The zero-order valence-corrected chi connectivity index (χ0v) is 22.8. The summed E-state index contributed by atoms with van der Waals surface area (Å²) in [5, 5.41) is 54.5. The van der Waals surface area contributed by atoms with Gasteiger partial charge < -0.3 is 29.9 Å². The molecule has 0 bridgehead atoms. The van der Waals surface area contributed by atoms with Crippen molar-refractivity contribution in [1.82, 2.24) is 19.4 Å². The number of ether oxygens (including phenoxy) is 2. The Bertz CT molecular complexity index is 1860. The fourth-order valence-electron chi connectivity index (χ4n) is 4.31. The van der Waals surface area contributed by atoms with Crippen molar-refractivity contribution in [3.05, 3.63) is 71.6 Å². The van der Waals surface area contributed by atoms with E-state index in [0.29, 0.717) is 5.56 Å². The molecule has 1 saturated heterocycles. The van der Waals surface area contributed by atoms with Crippen LogP contribution >= 0.6 is 0 Å². The molecular weight excluding hydrogens is 617 g/mol. The monoisotopic (exact) mass is 640 g/mol. The Hall–Kier alpha value is -4.24. The van der Waals surface area contributed by atoms with Crippen LogP contribution in [0.4, 0.5) is 13.2 Å². The molecule has 2 aromatic carbocycles. The van der Waals surface area contributed by atoms with Crippen molar-refractivity contribution < 1.29 is 56.0 Å². The number of hydrogen-bond acceptors (Lipinski definition) is 12. The van der Waals surface area contributed by atoms with E-state index in [1.54, 1.807) is 0 Å². The van der Waals surface area contributed by atoms with Crippen molar-refractivity contribution in [3.63, 3.8) is 0 Å². The Morgan fingerprint density at radius 3 is 2.30 bits per heavy atom. The third kappa shape index (κ3) is 6.06. The number of halogens is 3. The van der Waals surface area contributed by atoms with E-state index < -0.39 is 75.1 Å². The molecule has 1 aliphatic rings. The average Bonchev–Trinajstić information content (AvgIpc) is 3.39. The average molecular weight is 641 g/mol. The summed E-state index contributed by atoms with van der Waals surface area (Å²) in [7, 11) is -4.55. The molecule has 44 heavy (non-hydrogen) atoms. The smallest absolute Gasteiger partial charge is 0.436 e. The first-order chi connectivity index (χ1) is 20.7. The molecule has 5 atom stereocenters. The molecule has 19 heteroatoms. The fraction of sp³-hybridized carbons (Fsp3) is 0.280. The van der Waals surface area contributed by atoms with Gasteiger partial charge in [-0.25, -0.2) is 14.3 Å². The number of alkyl halides is 3. The number of aromatic nitrogens is 4. The highest BCUT2D eigenvalue weighted by Crippen LogP contribution is 2.33. The maximum absolute atomic E-state index is 13.9. The molecule has 5 unspecified atom stereocenters. The van der Waals surface area contributed by atoms with Gasteiger partial charge in [-0.15, -0.1) is 0 Å². The number of aliphatic hydroxyl groups is 4. The highest BCUT2D eigenvalue weighted by atomic mass is 32.2. The second-order valence-electron chi connectivity index (χ2n) is 9.49. The van der Waals surface area contributed by atoms with Crippen molar-refractivity contribution in [1.29, 1.82) is 5.41 Å². The standard InChI is InChI=1S/C25H23F3N6O9S/c26-25(27,28)21-17-22(29)33(11-30-23(17)34(32-21)13-3-7-15(8-4-13)44(39,40)41)31-9-12-1-5-14(6-2-12)42-24-20(38)19(37)18(36)16(10-35)43-24/h1-9,11,16,18-20,24,29,35-38H,10H2,(H,39,40,41). The SMILES string of the molecule is N=c1c2c(C(F)(F)F)nn(-c3ccc(S(=O)(=O)O)cc3)c2ncn1N=Cc1ccc(OC2OC(CO)C(O)C(O)C2O)cc1. The van der Waals surface area contributed by atoms with E-state index in [2.05, 4.69) is 15.2 Å². The summed E-state index contributed by atoms with van der Waals surface area (Å²) in [4.78, 5) is 3.51. The van der Waals surface area contributed by atoms with Gasteiger partial charge in [0, 0.05) is 0 Å². The minimum atomic E-state index is -4.99. The zero-order valence-electron chi connectivity index (χ0n) is 22.0. The van der Waals surface area contributed by atoms with E-state index in [0.717, 1.165) is 40.0 Å². The fourth-order valence-corrected chi connectivity index (χ4v) is 4.79. The number of nitrogens with zero attached hydrogens (tertiary/aromatic N) is 5. The van der Waals surface area contributed by atoms with E-state index in [1.807, 2.05) is 0 Å². The molecule has 3 heterocycles. The van der Waals surface area contributed by atoms with Crippen molar-refractivity contribution in [2.75, 3.05) is 6.61 Å². The lowest BCUT2D eigenvalue weighted by molar-refractivity contribution is -0.277. The number of rotatable bonds is 7. The van der Waals surface area contributed by atoms with E-state index in [9.17, 15) is 42.0 Å². The summed E-state index contributed by atoms with van der Waals surface area (Å²) in [6.07, 6.45) is -10.2. The van der Waals surface area contributed by atoms with Crippen molar-refractivity contribution in [3.8, 4) is 11.4 Å². The molecule has 2 aromatic heterocycles. The third-order valence-corrected chi connectivity index (χ3v) is 7.44. The topological polar surface area (TPSA) is 226 Å². The zero-order chi connectivity index (χ0) is 32.0. The van der Waals surface area contributed by atoms with Crippen molar-refractivity contribution in [2.24, 2.45) is 5.10 Å². The van der Waals surface area contributed by atoms with Crippen LogP contribution in [0.25, 0.3) is 16.7 Å². The van der Waals surface area contributed by atoms with Crippen LogP contribution in [0.15, 0.2) is 64.9 Å². The largest absolute Gasteiger partial charge is 0.462 e. The van der Waals surface area contributed by atoms with Gasteiger partial charge in [-0.1, -0.05) is 0 Å². The lowest BCUT2D eigenvalue weighted by Crippen LogP contribution is -2.60. The highest BCUT2D eigenvalue weighted by molar-refractivity contribution is 7.85. The quantitative estimate of drug-likeness (QED) is 0.117. The Kier molecular flexibility index (Phi) is 8.29. The molecule has 1 fully saturated rings. The summed E-state index contributed by atoms with van der Waals surface area (Å²) in [6, 6.07) is 9.99. The van der Waals surface area contributed by atoms with Gasteiger partial charge in [0.05, 0.1) is 28.8 Å². The number of aliphatic hydroxyl groups excluding tert-OH is 4. The van der Waals surface area contributed by atoms with Crippen molar-refractivity contribution >= 4 is 27.4 Å². The molecule has 234 valence electrons. The van der Waals surface area contributed by atoms with E-state index in [1.165, 1.54) is 30.5 Å². The molecule has 0 saturated carbocycles. The molecule has 0 aliphatic carbocycles. The normalized spacial score (nSPS) is 23.0. The third-order valence-electron chi connectivity index (χ3n) is 6.58.